The van der Waals surface area contributed by atoms with E-state index >= 15 is 0 Å². The fraction of sp³-hybridized carbons (Fsp3) is 0.333. The van der Waals surface area contributed by atoms with E-state index in [1.54, 1.807) is 36.4 Å². The third-order valence-corrected chi connectivity index (χ3v) is 8.18. The van der Waals surface area contributed by atoms with Gasteiger partial charge in [-0.15, -0.1) is 0 Å². The van der Waals surface area contributed by atoms with Gasteiger partial charge in [-0.1, -0.05) is 78.7 Å². The second kappa shape index (κ2) is 12.7. The fourth-order valence-electron chi connectivity index (χ4n) is 4.16. The molecule has 0 saturated carbocycles. The Hall–Kier alpha value is -3.36. The van der Waals surface area contributed by atoms with E-state index < -0.39 is 34.1 Å². The lowest BCUT2D eigenvalue weighted by Crippen LogP contribution is -2.55. The second-order valence-electron chi connectivity index (χ2n) is 10.4. The van der Waals surface area contributed by atoms with E-state index in [9.17, 15) is 18.0 Å². The van der Waals surface area contributed by atoms with Crippen LogP contribution in [-0.4, -0.2) is 43.3 Å². The van der Waals surface area contributed by atoms with Crippen LogP contribution in [0.1, 0.15) is 45.2 Å². The predicted octanol–water partition coefficient (Wildman–Crippen LogP) is 5.57. The van der Waals surface area contributed by atoms with Crippen LogP contribution >= 0.6 is 11.6 Å². The van der Waals surface area contributed by atoms with Crippen LogP contribution in [0, 0.1) is 6.92 Å². The summed E-state index contributed by atoms with van der Waals surface area (Å²) in [5.41, 5.74) is 1.39. The first-order chi connectivity index (χ1) is 18.3. The Morgan fingerprint density at radius 2 is 1.51 bits per heavy atom. The van der Waals surface area contributed by atoms with Crippen molar-refractivity contribution in [3.05, 3.63) is 95.0 Å². The number of carbonyl (C=O) groups excluding carboxylic acids is 2. The van der Waals surface area contributed by atoms with Gasteiger partial charge in [0, 0.05) is 12.1 Å². The number of para-hydroxylation sites is 1. The largest absolute Gasteiger partial charge is 0.350 e. The van der Waals surface area contributed by atoms with Gasteiger partial charge >= 0.3 is 0 Å². The third kappa shape index (κ3) is 7.83. The van der Waals surface area contributed by atoms with E-state index in [2.05, 4.69) is 5.32 Å². The lowest BCUT2D eigenvalue weighted by Gasteiger charge is -2.35. The highest BCUT2D eigenvalue weighted by Crippen LogP contribution is 2.31. The maximum atomic E-state index is 14.0. The molecule has 7 nitrogen and oxygen atoms in total. The molecule has 1 N–H and O–H groups in total. The monoisotopic (exact) mass is 569 g/mol. The maximum absolute atomic E-state index is 14.0. The Morgan fingerprint density at radius 3 is 2.08 bits per heavy atom. The summed E-state index contributed by atoms with van der Waals surface area (Å²) in [5, 5.41) is 3.15. The quantitative estimate of drug-likeness (QED) is 0.346. The average molecular weight is 570 g/mol. The number of hydrogen-bond donors (Lipinski definition) is 1. The third-order valence-electron chi connectivity index (χ3n) is 6.09. The van der Waals surface area contributed by atoms with Crippen LogP contribution in [0.4, 0.5) is 5.69 Å². The van der Waals surface area contributed by atoms with Gasteiger partial charge in [-0.2, -0.15) is 0 Å². The molecule has 39 heavy (non-hydrogen) atoms. The van der Waals surface area contributed by atoms with Crippen molar-refractivity contribution in [1.29, 1.82) is 0 Å². The SMILES string of the molecule is CC[C@@H](C(=O)NC(C)(C)C)N(Cc1ccccc1)C(=O)CN(c1ccccc1Cl)S(=O)(=O)c1ccc(C)cc1. The number of amides is 2. The Labute approximate surface area is 236 Å². The number of aryl methyl sites for hydroxylation is 1. The standard InChI is InChI=1S/C30H36ClN3O4S/c1-6-26(29(36)32-30(3,4)5)33(20-23-12-8-7-9-13-23)28(35)21-34(27-15-11-10-14-25(27)31)39(37,38)24-18-16-22(2)17-19-24/h7-19,26H,6,20-21H2,1-5H3,(H,32,36)/t26-/m0/s1. The fourth-order valence-corrected chi connectivity index (χ4v) is 5.88. The molecular formula is C30H36ClN3O4S. The van der Waals surface area contributed by atoms with Gasteiger partial charge in [-0.05, 0) is 63.9 Å². The van der Waals surface area contributed by atoms with Crippen molar-refractivity contribution in [1.82, 2.24) is 10.2 Å². The van der Waals surface area contributed by atoms with E-state index in [-0.39, 0.29) is 28.1 Å². The molecule has 0 radical (unpaired) electrons. The second-order valence-corrected chi connectivity index (χ2v) is 12.7. The van der Waals surface area contributed by atoms with Crippen LogP contribution < -0.4 is 9.62 Å². The number of nitrogens with zero attached hydrogens (tertiary/aromatic N) is 2. The lowest BCUT2D eigenvalue weighted by atomic mass is 10.1. The summed E-state index contributed by atoms with van der Waals surface area (Å²) in [7, 11) is -4.18. The number of halogens is 1. The molecule has 3 aromatic carbocycles. The smallest absolute Gasteiger partial charge is 0.264 e. The first-order valence-electron chi connectivity index (χ1n) is 12.8. The van der Waals surface area contributed by atoms with Crippen LogP contribution in [0.15, 0.2) is 83.8 Å². The summed E-state index contributed by atoms with van der Waals surface area (Å²) in [5.74, 6) is -0.828. The highest BCUT2D eigenvalue weighted by molar-refractivity contribution is 7.92. The van der Waals surface area contributed by atoms with Crippen molar-refractivity contribution >= 4 is 39.1 Å². The molecule has 0 heterocycles. The van der Waals surface area contributed by atoms with Crippen LogP contribution in [0.2, 0.25) is 5.02 Å². The minimum Gasteiger partial charge on any atom is -0.350 e. The van der Waals surface area contributed by atoms with Gasteiger partial charge in [0.2, 0.25) is 11.8 Å². The Morgan fingerprint density at radius 1 is 0.923 bits per heavy atom. The number of carbonyl (C=O) groups is 2. The van der Waals surface area contributed by atoms with Crippen LogP contribution in [-0.2, 0) is 26.2 Å². The van der Waals surface area contributed by atoms with Crippen LogP contribution in [0.25, 0.3) is 0 Å². The van der Waals surface area contributed by atoms with E-state index in [0.717, 1.165) is 15.4 Å². The van der Waals surface area contributed by atoms with Gasteiger partial charge < -0.3 is 10.2 Å². The normalized spacial score (nSPS) is 12.5. The minimum absolute atomic E-state index is 0.0351. The topological polar surface area (TPSA) is 86.8 Å². The molecule has 3 aromatic rings. The first-order valence-corrected chi connectivity index (χ1v) is 14.6. The molecular weight excluding hydrogens is 534 g/mol. The molecule has 9 heteroatoms. The van der Waals surface area contributed by atoms with E-state index in [0.29, 0.717) is 6.42 Å². The Kier molecular flexibility index (Phi) is 9.80. The summed E-state index contributed by atoms with van der Waals surface area (Å²) in [6, 6.07) is 21.4. The van der Waals surface area contributed by atoms with Crippen molar-refractivity contribution in [2.45, 2.75) is 64.1 Å². The summed E-state index contributed by atoms with van der Waals surface area (Å²) < 4.78 is 28.8. The molecule has 0 unspecified atom stereocenters. The molecule has 0 aliphatic carbocycles. The number of rotatable bonds is 10. The zero-order valence-electron chi connectivity index (χ0n) is 23.0. The van der Waals surface area contributed by atoms with Crippen molar-refractivity contribution in [2.24, 2.45) is 0 Å². The van der Waals surface area contributed by atoms with Crippen LogP contribution in [0.5, 0.6) is 0 Å². The van der Waals surface area contributed by atoms with E-state index in [4.69, 9.17) is 11.6 Å². The highest BCUT2D eigenvalue weighted by Gasteiger charge is 2.35. The first kappa shape index (κ1) is 30.2. The summed E-state index contributed by atoms with van der Waals surface area (Å²) >= 11 is 6.45. The number of benzene rings is 3. The van der Waals surface area contributed by atoms with Crippen LogP contribution in [0.3, 0.4) is 0 Å². The van der Waals surface area contributed by atoms with Gasteiger partial charge in [0.25, 0.3) is 10.0 Å². The molecule has 0 bridgehead atoms. The number of hydrogen-bond acceptors (Lipinski definition) is 4. The molecule has 0 aliphatic rings. The van der Waals surface area contributed by atoms with Crippen molar-refractivity contribution in [3.8, 4) is 0 Å². The number of anilines is 1. The molecule has 0 aromatic heterocycles. The predicted molar refractivity (Wildman–Crippen MR) is 156 cm³/mol. The molecule has 0 fully saturated rings. The zero-order chi connectivity index (χ0) is 28.8. The number of nitrogens with one attached hydrogen (secondary N) is 1. The Balaban J connectivity index is 2.07. The van der Waals surface area contributed by atoms with Crippen molar-refractivity contribution < 1.29 is 18.0 Å². The van der Waals surface area contributed by atoms with E-state index in [1.165, 1.54) is 17.0 Å². The molecule has 0 saturated heterocycles. The molecule has 3 rings (SSSR count). The number of sulfonamides is 1. The van der Waals surface area contributed by atoms with Gasteiger partial charge in [0.05, 0.1) is 15.6 Å². The maximum Gasteiger partial charge on any atom is 0.264 e. The van der Waals surface area contributed by atoms with E-state index in [1.807, 2.05) is 65.0 Å². The highest BCUT2D eigenvalue weighted by atomic mass is 35.5. The zero-order valence-corrected chi connectivity index (χ0v) is 24.6. The summed E-state index contributed by atoms with van der Waals surface area (Å²) in [6.45, 7) is 8.90. The molecule has 2 amide bonds. The van der Waals surface area contributed by atoms with Crippen molar-refractivity contribution in [3.63, 3.8) is 0 Å². The molecule has 0 spiro atoms. The summed E-state index contributed by atoms with van der Waals surface area (Å²) in [4.78, 5) is 28.9. The Bertz CT molecular complexity index is 1390. The molecule has 1 atom stereocenters. The summed E-state index contributed by atoms with van der Waals surface area (Å²) in [6.07, 6.45) is 0.345. The lowest BCUT2D eigenvalue weighted by molar-refractivity contribution is -0.141. The van der Waals surface area contributed by atoms with Crippen molar-refractivity contribution in [2.75, 3.05) is 10.8 Å². The van der Waals surface area contributed by atoms with Gasteiger partial charge in [-0.3, -0.25) is 13.9 Å². The molecule has 0 aliphatic heterocycles. The molecule has 208 valence electrons. The average Bonchev–Trinajstić information content (AvgIpc) is 2.87. The van der Waals surface area contributed by atoms with Gasteiger partial charge in [-0.25, -0.2) is 8.42 Å². The van der Waals surface area contributed by atoms with Gasteiger partial charge in [0.15, 0.2) is 0 Å². The van der Waals surface area contributed by atoms with Gasteiger partial charge in [0.1, 0.15) is 12.6 Å². The minimum atomic E-state index is -4.18.